The van der Waals surface area contributed by atoms with Crippen LogP contribution >= 0.6 is 12.6 Å². The molecule has 0 aliphatic rings. The Labute approximate surface area is 115 Å². The molecule has 2 aromatic carbocycles. The van der Waals surface area contributed by atoms with Crippen molar-refractivity contribution < 1.29 is 0 Å². The maximum Gasteiger partial charge on any atom is 0.0429 e. The number of hydrogen-bond donors (Lipinski definition) is 1. The molecule has 0 N–H and O–H groups in total. The molecule has 0 heterocycles. The van der Waals surface area contributed by atoms with E-state index in [0.29, 0.717) is 0 Å². The summed E-state index contributed by atoms with van der Waals surface area (Å²) < 4.78 is 0. The fourth-order valence-corrected chi connectivity index (χ4v) is 2.11. The van der Waals surface area contributed by atoms with E-state index in [4.69, 9.17) is 0 Å². The number of nitrogens with zero attached hydrogens (tertiary/aromatic N) is 1. The summed E-state index contributed by atoms with van der Waals surface area (Å²) in [4.78, 5) is 3.38. The van der Waals surface area contributed by atoms with Crippen LogP contribution in [0.2, 0.25) is 0 Å². The van der Waals surface area contributed by atoms with Crippen LogP contribution in [-0.4, -0.2) is 6.54 Å². The van der Waals surface area contributed by atoms with Gasteiger partial charge in [0, 0.05) is 23.7 Å². The van der Waals surface area contributed by atoms with Crippen LogP contribution < -0.4 is 4.90 Å². The van der Waals surface area contributed by atoms with Crippen molar-refractivity contribution in [3.8, 4) is 0 Å². The van der Waals surface area contributed by atoms with Gasteiger partial charge in [-0.25, -0.2) is 0 Å². The van der Waals surface area contributed by atoms with Crippen molar-refractivity contribution in [3.63, 3.8) is 0 Å². The highest BCUT2D eigenvalue weighted by Gasteiger charge is 2.04. The van der Waals surface area contributed by atoms with Gasteiger partial charge < -0.3 is 4.90 Å². The van der Waals surface area contributed by atoms with E-state index < -0.39 is 0 Å². The van der Waals surface area contributed by atoms with E-state index in [1.807, 2.05) is 12.1 Å². The third-order valence-electron chi connectivity index (χ3n) is 3.09. The Morgan fingerprint density at radius 1 is 0.944 bits per heavy atom. The van der Waals surface area contributed by atoms with Crippen LogP contribution in [0.5, 0.6) is 0 Å². The van der Waals surface area contributed by atoms with Gasteiger partial charge in [-0.1, -0.05) is 29.8 Å². The molecular weight excluding hydrogens is 238 g/mol. The SMILES string of the molecule is CCN(Cc1ccc(S)cc1)c1ccc(C)cc1. The molecule has 0 aliphatic carbocycles. The zero-order valence-corrected chi connectivity index (χ0v) is 11.8. The summed E-state index contributed by atoms with van der Waals surface area (Å²) in [6, 6.07) is 17.1. The number of thiol groups is 1. The minimum atomic E-state index is 0.938. The van der Waals surface area contributed by atoms with E-state index >= 15 is 0 Å². The van der Waals surface area contributed by atoms with Crippen LogP contribution in [0.4, 0.5) is 5.69 Å². The van der Waals surface area contributed by atoms with Crippen molar-refractivity contribution in [2.24, 2.45) is 0 Å². The molecule has 94 valence electrons. The van der Waals surface area contributed by atoms with E-state index in [-0.39, 0.29) is 0 Å². The Morgan fingerprint density at radius 3 is 2.11 bits per heavy atom. The fourth-order valence-electron chi connectivity index (χ4n) is 1.96. The molecule has 0 aromatic heterocycles. The first-order chi connectivity index (χ1) is 8.69. The molecule has 18 heavy (non-hydrogen) atoms. The molecule has 2 rings (SSSR count). The van der Waals surface area contributed by atoms with E-state index in [0.717, 1.165) is 18.0 Å². The Bertz CT molecular complexity index is 488. The lowest BCUT2D eigenvalue weighted by Crippen LogP contribution is -2.21. The van der Waals surface area contributed by atoms with Gasteiger partial charge in [-0.3, -0.25) is 0 Å². The molecule has 2 heteroatoms. The Hall–Kier alpha value is -1.41. The molecule has 0 aliphatic heterocycles. The topological polar surface area (TPSA) is 3.24 Å². The second-order valence-corrected chi connectivity index (χ2v) is 5.03. The zero-order valence-electron chi connectivity index (χ0n) is 10.9. The molecule has 0 radical (unpaired) electrons. The smallest absolute Gasteiger partial charge is 0.0429 e. The fraction of sp³-hybridized carbons (Fsp3) is 0.250. The van der Waals surface area contributed by atoms with Crippen molar-refractivity contribution in [1.82, 2.24) is 0 Å². The molecule has 0 bridgehead atoms. The van der Waals surface area contributed by atoms with Crippen molar-refractivity contribution in [1.29, 1.82) is 0 Å². The molecular formula is C16H19NS. The molecule has 0 spiro atoms. The molecule has 0 atom stereocenters. The summed E-state index contributed by atoms with van der Waals surface area (Å²) in [7, 11) is 0. The number of rotatable bonds is 4. The lowest BCUT2D eigenvalue weighted by Gasteiger charge is -2.23. The van der Waals surface area contributed by atoms with Crippen molar-refractivity contribution in [2.45, 2.75) is 25.3 Å². The minimum absolute atomic E-state index is 0.938. The lowest BCUT2D eigenvalue weighted by atomic mass is 10.1. The van der Waals surface area contributed by atoms with Crippen LogP contribution in [0.25, 0.3) is 0 Å². The minimum Gasteiger partial charge on any atom is -0.367 e. The molecule has 0 fully saturated rings. The summed E-state index contributed by atoms with van der Waals surface area (Å²) >= 11 is 4.31. The molecule has 0 saturated carbocycles. The van der Waals surface area contributed by atoms with E-state index in [2.05, 4.69) is 67.8 Å². The van der Waals surface area contributed by atoms with E-state index in [1.165, 1.54) is 16.8 Å². The third-order valence-corrected chi connectivity index (χ3v) is 3.39. The summed E-state index contributed by atoms with van der Waals surface area (Å²) in [5, 5.41) is 0. The van der Waals surface area contributed by atoms with Gasteiger partial charge in [-0.2, -0.15) is 0 Å². The first kappa shape index (κ1) is 13.0. The maximum absolute atomic E-state index is 4.31. The predicted octanol–water partition coefficient (Wildman–Crippen LogP) is 4.31. The predicted molar refractivity (Wildman–Crippen MR) is 81.6 cm³/mol. The second kappa shape index (κ2) is 5.96. The Kier molecular flexibility index (Phi) is 4.32. The first-order valence-electron chi connectivity index (χ1n) is 6.28. The quantitative estimate of drug-likeness (QED) is 0.799. The number of anilines is 1. The Morgan fingerprint density at radius 2 is 1.56 bits per heavy atom. The summed E-state index contributed by atoms with van der Waals surface area (Å²) in [6.45, 7) is 6.25. The van der Waals surface area contributed by atoms with Crippen molar-refractivity contribution in [2.75, 3.05) is 11.4 Å². The number of aryl methyl sites for hydroxylation is 1. The average molecular weight is 257 g/mol. The van der Waals surface area contributed by atoms with Gasteiger partial charge in [0.05, 0.1) is 0 Å². The van der Waals surface area contributed by atoms with Gasteiger partial charge in [-0.15, -0.1) is 12.6 Å². The van der Waals surface area contributed by atoms with E-state index in [1.54, 1.807) is 0 Å². The highest BCUT2D eigenvalue weighted by atomic mass is 32.1. The van der Waals surface area contributed by atoms with E-state index in [9.17, 15) is 0 Å². The van der Waals surface area contributed by atoms with Gasteiger partial charge in [0.15, 0.2) is 0 Å². The highest BCUT2D eigenvalue weighted by Crippen LogP contribution is 2.18. The normalized spacial score (nSPS) is 10.4. The largest absolute Gasteiger partial charge is 0.367 e. The van der Waals surface area contributed by atoms with Crippen LogP contribution in [0.1, 0.15) is 18.1 Å². The summed E-state index contributed by atoms with van der Waals surface area (Å²) in [6.07, 6.45) is 0. The average Bonchev–Trinajstić information content (AvgIpc) is 2.39. The molecule has 0 saturated heterocycles. The van der Waals surface area contributed by atoms with Gasteiger partial charge in [-0.05, 0) is 43.7 Å². The molecule has 0 amide bonds. The van der Waals surface area contributed by atoms with Crippen molar-refractivity contribution in [3.05, 3.63) is 59.7 Å². The first-order valence-corrected chi connectivity index (χ1v) is 6.73. The van der Waals surface area contributed by atoms with Crippen LogP contribution in [-0.2, 0) is 6.54 Å². The Balaban J connectivity index is 2.14. The summed E-state index contributed by atoms with van der Waals surface area (Å²) in [5.41, 5.74) is 3.89. The van der Waals surface area contributed by atoms with Crippen LogP contribution in [0, 0.1) is 6.92 Å². The summed E-state index contributed by atoms with van der Waals surface area (Å²) in [5.74, 6) is 0. The number of benzene rings is 2. The maximum atomic E-state index is 4.31. The van der Waals surface area contributed by atoms with Gasteiger partial charge in [0.2, 0.25) is 0 Å². The number of hydrogen-bond acceptors (Lipinski definition) is 2. The molecule has 2 aromatic rings. The van der Waals surface area contributed by atoms with Gasteiger partial charge in [0.25, 0.3) is 0 Å². The second-order valence-electron chi connectivity index (χ2n) is 4.52. The highest BCUT2D eigenvalue weighted by molar-refractivity contribution is 7.80. The zero-order chi connectivity index (χ0) is 13.0. The monoisotopic (exact) mass is 257 g/mol. The molecule has 0 unspecified atom stereocenters. The van der Waals surface area contributed by atoms with Gasteiger partial charge in [0.1, 0.15) is 0 Å². The van der Waals surface area contributed by atoms with Gasteiger partial charge >= 0.3 is 0 Å². The van der Waals surface area contributed by atoms with Crippen molar-refractivity contribution >= 4 is 18.3 Å². The molecule has 1 nitrogen and oxygen atoms in total. The lowest BCUT2D eigenvalue weighted by molar-refractivity contribution is 0.831. The van der Waals surface area contributed by atoms with Crippen LogP contribution in [0.3, 0.4) is 0 Å². The third kappa shape index (κ3) is 3.30. The standard InChI is InChI=1S/C16H19NS/c1-3-17(15-8-4-13(2)5-9-15)12-14-6-10-16(18)11-7-14/h4-11,18H,3,12H2,1-2H3. The van der Waals surface area contributed by atoms with Crippen LogP contribution in [0.15, 0.2) is 53.4 Å².